The minimum absolute atomic E-state index is 0.0139. The molecule has 0 aromatic rings. The van der Waals surface area contributed by atoms with Gasteiger partial charge in [-0.3, -0.25) is 28.8 Å². The zero-order valence-corrected chi connectivity index (χ0v) is 53.9. The van der Waals surface area contributed by atoms with Gasteiger partial charge in [-0.25, -0.2) is 0 Å². The first kappa shape index (κ1) is 77.6. The van der Waals surface area contributed by atoms with Gasteiger partial charge < -0.3 is 73.6 Å². The van der Waals surface area contributed by atoms with Gasteiger partial charge in [0.1, 0.15) is 6.10 Å². The first-order valence-electron chi connectivity index (χ1n) is 32.4. The van der Waals surface area contributed by atoms with Gasteiger partial charge in [-0.2, -0.15) is 0 Å². The molecule has 0 saturated carbocycles. The monoisotopic (exact) mass is 1220 g/mol. The summed E-state index contributed by atoms with van der Waals surface area (Å²) in [4.78, 5) is 65.2. The van der Waals surface area contributed by atoms with E-state index < -0.39 is 53.6 Å². The Kier molecular flexibility index (Phi) is 36.7. The van der Waals surface area contributed by atoms with Gasteiger partial charge in [0.25, 0.3) is 0 Å². The lowest BCUT2D eigenvalue weighted by atomic mass is 9.84. The Labute approximate surface area is 507 Å². The van der Waals surface area contributed by atoms with E-state index >= 15 is 0 Å². The van der Waals surface area contributed by atoms with Crippen LogP contribution >= 0.6 is 0 Å². The highest BCUT2D eigenvalue weighted by atomic mass is 16.7. The van der Waals surface area contributed by atoms with E-state index in [0.717, 1.165) is 109 Å². The third-order valence-corrected chi connectivity index (χ3v) is 17.8. The van der Waals surface area contributed by atoms with Crippen LogP contribution in [0.5, 0.6) is 0 Å². The van der Waals surface area contributed by atoms with Crippen LogP contribution in [-0.2, 0) is 66.7 Å². The summed E-state index contributed by atoms with van der Waals surface area (Å²) in [5, 5.41) is 64.2. The molecule has 0 bridgehead atoms. The van der Waals surface area contributed by atoms with Gasteiger partial charge >= 0.3 is 35.8 Å². The minimum atomic E-state index is -1.13. The average molecular weight is 1220 g/mol. The zero-order chi connectivity index (χ0) is 64.1. The molecular formula is C64H114O21. The van der Waals surface area contributed by atoms with Crippen molar-refractivity contribution in [3.05, 3.63) is 0 Å². The molecule has 21 unspecified atom stereocenters. The number of carbonyl (C=O) groups is 6. The van der Waals surface area contributed by atoms with E-state index in [1.54, 1.807) is 6.92 Å². The third kappa shape index (κ3) is 27.4. The number of ether oxygens (including phenoxy) is 8. The Bertz CT molecular complexity index is 1910. The Morgan fingerprint density at radius 3 is 1.36 bits per heavy atom. The van der Waals surface area contributed by atoms with Crippen LogP contribution in [0.4, 0.5) is 0 Å². The number of hydrogen-bond donors (Lipinski definition) is 7. The van der Waals surface area contributed by atoms with Crippen LogP contribution < -0.4 is 0 Å². The van der Waals surface area contributed by atoms with Gasteiger partial charge in [-0.05, 0) is 147 Å². The summed E-state index contributed by atoms with van der Waals surface area (Å²) < 4.78 is 46.0. The van der Waals surface area contributed by atoms with Crippen LogP contribution in [0, 0.1) is 35.5 Å². The molecule has 6 aliphatic heterocycles. The fraction of sp³-hybridized carbons (Fsp3) is 0.906. The van der Waals surface area contributed by atoms with Gasteiger partial charge in [-0.15, -0.1) is 0 Å². The number of aliphatic carboxylic acids is 5. The van der Waals surface area contributed by atoms with Crippen LogP contribution in [0.1, 0.15) is 238 Å². The van der Waals surface area contributed by atoms with E-state index in [1.165, 1.54) is 6.92 Å². The molecule has 6 saturated heterocycles. The maximum Gasteiger partial charge on any atom is 0.309 e. The lowest BCUT2D eigenvalue weighted by Gasteiger charge is -2.31. The second kappa shape index (κ2) is 40.2. The molecule has 496 valence electrons. The SMILES string of the molecule is CCC1CC(C(CC(=O)O)OC(C)=O)C(CC)O1.CCC1CC(C(CC(=O)O)OC2CCCCO2)C(CC)O1.CCC1CC(CC(C)(O)CC(=O)O)C(CC)O1.CCC1CC(CC(O)CC(=O)O)C(CC)O1.CCC1OC(CC)C(C(=O)O)C1C. The summed E-state index contributed by atoms with van der Waals surface area (Å²) in [6.07, 6.45) is 15.7. The lowest BCUT2D eigenvalue weighted by molar-refractivity contribution is -0.205. The Morgan fingerprint density at radius 1 is 0.529 bits per heavy atom. The number of carboxylic acid groups (broad SMARTS) is 5. The summed E-state index contributed by atoms with van der Waals surface area (Å²) in [7, 11) is 0. The van der Waals surface area contributed by atoms with E-state index in [1.807, 2.05) is 34.6 Å². The molecule has 0 spiro atoms. The van der Waals surface area contributed by atoms with Crippen LogP contribution in [0.15, 0.2) is 0 Å². The fourth-order valence-electron chi connectivity index (χ4n) is 13.4. The van der Waals surface area contributed by atoms with Crippen LogP contribution in [0.25, 0.3) is 0 Å². The predicted octanol–water partition coefficient (Wildman–Crippen LogP) is 10.9. The van der Waals surface area contributed by atoms with Crippen molar-refractivity contribution >= 4 is 35.8 Å². The molecule has 6 heterocycles. The molecule has 6 rings (SSSR count). The number of aliphatic hydroxyl groups excluding tert-OH is 1. The summed E-state index contributed by atoms with van der Waals surface area (Å²) in [5.74, 6) is -4.24. The van der Waals surface area contributed by atoms with Crippen LogP contribution in [0.2, 0.25) is 0 Å². The molecule has 0 aromatic carbocycles. The highest BCUT2D eigenvalue weighted by Gasteiger charge is 2.45. The van der Waals surface area contributed by atoms with E-state index in [-0.39, 0.29) is 129 Å². The first-order chi connectivity index (χ1) is 40.2. The highest BCUT2D eigenvalue weighted by Crippen LogP contribution is 2.40. The smallest absolute Gasteiger partial charge is 0.309 e. The first-order valence-corrected chi connectivity index (χ1v) is 32.4. The molecule has 85 heavy (non-hydrogen) atoms. The summed E-state index contributed by atoms with van der Waals surface area (Å²) in [6, 6.07) is 0. The van der Waals surface area contributed by atoms with Gasteiger partial charge in [0.2, 0.25) is 0 Å². The fourth-order valence-corrected chi connectivity index (χ4v) is 13.4. The number of hydrogen-bond acceptors (Lipinski definition) is 16. The van der Waals surface area contributed by atoms with Crippen molar-refractivity contribution in [3.63, 3.8) is 0 Å². The second-order valence-corrected chi connectivity index (χ2v) is 24.6. The number of esters is 1. The molecule has 0 aromatic heterocycles. The largest absolute Gasteiger partial charge is 0.481 e. The van der Waals surface area contributed by atoms with Crippen molar-refractivity contribution in [2.75, 3.05) is 6.61 Å². The van der Waals surface area contributed by atoms with Gasteiger partial charge in [-0.1, -0.05) is 76.2 Å². The molecule has 6 fully saturated rings. The van der Waals surface area contributed by atoms with E-state index in [9.17, 15) is 44.1 Å². The maximum atomic E-state index is 11.2. The van der Waals surface area contributed by atoms with Gasteiger partial charge in [0.05, 0.1) is 110 Å². The standard InChI is InChI=1S/C16H28O5.C13H22O5.C13H24O4.C12H22O4.C10H18O3/c1-3-11-9-12(13(4-2)20-11)14(10-15(17)18)21-16-7-5-6-8-19-16;1-4-9-6-10(11(5-2)18-9)12(7-13(15)16)17-8(3)14;1-4-10-6-9(11(5-2)17-10)7-13(3,16)8-12(14)15;1-3-10-6-8(11(4-2)16-10)5-9(13)7-12(14)15;1-4-7-6(3)9(10(11)12)8(5-2)13-7/h11-14,16H,3-10H2,1-2H3,(H,17,18);9-12H,4-7H2,1-3H3,(H,15,16);9-11,16H,4-8H2,1-3H3,(H,14,15);8-11,13H,3-7H2,1-2H3,(H,14,15);6-9H,4-5H2,1-3H3,(H,11,12). The summed E-state index contributed by atoms with van der Waals surface area (Å²) in [6.45, 7) is 26.2. The molecule has 0 amide bonds. The Balaban J connectivity index is 0.000000365. The van der Waals surface area contributed by atoms with Gasteiger partial charge in [0, 0.05) is 25.4 Å². The predicted molar refractivity (Wildman–Crippen MR) is 318 cm³/mol. The summed E-state index contributed by atoms with van der Waals surface area (Å²) >= 11 is 0. The normalized spacial score (nSPS) is 33.1. The van der Waals surface area contributed by atoms with Crippen molar-refractivity contribution in [1.82, 2.24) is 0 Å². The number of rotatable bonds is 28. The van der Waals surface area contributed by atoms with Gasteiger partial charge in [0.15, 0.2) is 6.29 Å². The minimum Gasteiger partial charge on any atom is -0.481 e. The molecule has 21 atom stereocenters. The van der Waals surface area contributed by atoms with E-state index in [0.29, 0.717) is 25.4 Å². The second-order valence-electron chi connectivity index (χ2n) is 24.6. The topological polar surface area (TPSA) is 318 Å². The zero-order valence-electron chi connectivity index (χ0n) is 53.9. The molecule has 7 N–H and O–H groups in total. The average Bonchev–Trinajstić information content (AvgIpc) is 4.19. The Morgan fingerprint density at radius 2 is 0.965 bits per heavy atom. The van der Waals surface area contributed by atoms with Crippen molar-refractivity contribution in [2.24, 2.45) is 35.5 Å². The van der Waals surface area contributed by atoms with E-state index in [4.69, 9.17) is 58.3 Å². The molecule has 21 nitrogen and oxygen atoms in total. The molecule has 0 radical (unpaired) electrons. The number of carbonyl (C=O) groups excluding carboxylic acids is 1. The number of aliphatic hydroxyl groups is 2. The summed E-state index contributed by atoms with van der Waals surface area (Å²) in [5.41, 5.74) is -1.13. The molecule has 0 aliphatic carbocycles. The highest BCUT2D eigenvalue weighted by molar-refractivity contribution is 5.72. The third-order valence-electron chi connectivity index (χ3n) is 17.8. The van der Waals surface area contributed by atoms with Crippen molar-refractivity contribution in [1.29, 1.82) is 0 Å². The lowest BCUT2D eigenvalue weighted by Crippen LogP contribution is -2.37. The van der Waals surface area contributed by atoms with Crippen LogP contribution in [0.3, 0.4) is 0 Å². The Hall–Kier alpha value is -3.54. The van der Waals surface area contributed by atoms with Crippen molar-refractivity contribution < 1.29 is 102 Å². The van der Waals surface area contributed by atoms with Crippen molar-refractivity contribution in [2.45, 2.75) is 329 Å². The van der Waals surface area contributed by atoms with Crippen molar-refractivity contribution in [3.8, 4) is 0 Å². The quantitative estimate of drug-likeness (QED) is 0.0358. The molecule has 21 heteroatoms. The maximum absolute atomic E-state index is 11.2. The molecular weight excluding hydrogens is 1100 g/mol. The molecule has 6 aliphatic rings. The number of carboxylic acids is 5. The van der Waals surface area contributed by atoms with Crippen LogP contribution in [-0.4, -0.2) is 169 Å². The van der Waals surface area contributed by atoms with E-state index in [2.05, 4.69) is 41.5 Å².